The van der Waals surface area contributed by atoms with E-state index in [4.69, 9.17) is 5.73 Å². The summed E-state index contributed by atoms with van der Waals surface area (Å²) in [6, 6.07) is 2.98. The SMILES string of the molecule is NCCc1ccc(-c2c(F)c(F)c(F)c(F)c2F)cc1F. The fourth-order valence-corrected chi connectivity index (χ4v) is 1.92. The Balaban J connectivity index is 2.65. The van der Waals surface area contributed by atoms with Crippen LogP contribution in [0.2, 0.25) is 0 Å². The molecule has 0 spiro atoms. The van der Waals surface area contributed by atoms with E-state index >= 15 is 0 Å². The lowest BCUT2D eigenvalue weighted by Gasteiger charge is -2.10. The lowest BCUT2D eigenvalue weighted by Crippen LogP contribution is -2.06. The molecule has 0 radical (unpaired) electrons. The molecule has 0 atom stereocenters. The van der Waals surface area contributed by atoms with Crippen LogP contribution in [-0.2, 0) is 6.42 Å². The molecule has 2 aromatic rings. The van der Waals surface area contributed by atoms with Gasteiger partial charge < -0.3 is 5.73 Å². The number of hydrogen-bond donors (Lipinski definition) is 1. The third kappa shape index (κ3) is 2.61. The van der Waals surface area contributed by atoms with Gasteiger partial charge in [-0.25, -0.2) is 26.3 Å². The topological polar surface area (TPSA) is 26.0 Å². The van der Waals surface area contributed by atoms with Gasteiger partial charge in [0.15, 0.2) is 23.3 Å². The van der Waals surface area contributed by atoms with E-state index < -0.39 is 46.0 Å². The first kappa shape index (κ1) is 15.4. The first-order valence-electron chi connectivity index (χ1n) is 5.88. The fraction of sp³-hybridized carbons (Fsp3) is 0.143. The van der Waals surface area contributed by atoms with E-state index in [2.05, 4.69) is 0 Å². The molecule has 0 bridgehead atoms. The van der Waals surface area contributed by atoms with Crippen LogP contribution in [0.25, 0.3) is 11.1 Å². The second kappa shape index (κ2) is 5.77. The van der Waals surface area contributed by atoms with Crippen molar-refractivity contribution in [2.75, 3.05) is 6.54 Å². The first-order chi connectivity index (χ1) is 9.88. The quantitative estimate of drug-likeness (QED) is 0.522. The van der Waals surface area contributed by atoms with E-state index in [1.165, 1.54) is 6.07 Å². The zero-order valence-corrected chi connectivity index (χ0v) is 10.5. The summed E-state index contributed by atoms with van der Waals surface area (Å²) in [5, 5.41) is 0. The summed E-state index contributed by atoms with van der Waals surface area (Å²) in [6.45, 7) is 0.152. The van der Waals surface area contributed by atoms with Crippen molar-refractivity contribution in [2.24, 2.45) is 5.73 Å². The van der Waals surface area contributed by atoms with Crippen LogP contribution in [0.1, 0.15) is 5.56 Å². The molecular weight excluding hydrogens is 296 g/mol. The second-order valence-electron chi connectivity index (χ2n) is 4.29. The summed E-state index contributed by atoms with van der Waals surface area (Å²) < 4.78 is 80.1. The van der Waals surface area contributed by atoms with Gasteiger partial charge in [-0.15, -0.1) is 0 Å². The van der Waals surface area contributed by atoms with Crippen molar-refractivity contribution in [1.29, 1.82) is 0 Å². The largest absolute Gasteiger partial charge is 0.330 e. The van der Waals surface area contributed by atoms with Gasteiger partial charge in [-0.2, -0.15) is 0 Å². The van der Waals surface area contributed by atoms with Crippen molar-refractivity contribution in [2.45, 2.75) is 6.42 Å². The highest BCUT2D eigenvalue weighted by atomic mass is 19.2. The molecule has 2 aromatic carbocycles. The number of rotatable bonds is 3. The second-order valence-corrected chi connectivity index (χ2v) is 4.29. The van der Waals surface area contributed by atoms with Crippen LogP contribution in [-0.4, -0.2) is 6.54 Å². The highest BCUT2D eigenvalue weighted by molar-refractivity contribution is 5.65. The third-order valence-electron chi connectivity index (χ3n) is 2.97. The van der Waals surface area contributed by atoms with Gasteiger partial charge in [-0.3, -0.25) is 0 Å². The molecule has 0 amide bonds. The predicted octanol–water partition coefficient (Wildman–Crippen LogP) is 3.69. The van der Waals surface area contributed by atoms with Gasteiger partial charge in [0.2, 0.25) is 5.82 Å². The summed E-state index contributed by atoms with van der Waals surface area (Å²) in [5.41, 5.74) is 3.84. The molecule has 2 rings (SSSR count). The molecule has 0 aliphatic heterocycles. The van der Waals surface area contributed by atoms with Gasteiger partial charge in [-0.05, 0) is 30.2 Å². The van der Waals surface area contributed by atoms with Gasteiger partial charge in [0, 0.05) is 0 Å². The van der Waals surface area contributed by atoms with Crippen molar-refractivity contribution in [3.63, 3.8) is 0 Å². The number of hydrogen-bond acceptors (Lipinski definition) is 1. The maximum absolute atomic E-state index is 13.7. The van der Waals surface area contributed by atoms with Crippen LogP contribution < -0.4 is 5.73 Å². The Labute approximate surface area is 116 Å². The van der Waals surface area contributed by atoms with Crippen LogP contribution in [0, 0.1) is 34.9 Å². The maximum atomic E-state index is 13.7. The smallest absolute Gasteiger partial charge is 0.200 e. The fourth-order valence-electron chi connectivity index (χ4n) is 1.92. The van der Waals surface area contributed by atoms with E-state index in [9.17, 15) is 26.3 Å². The molecule has 0 saturated heterocycles. The molecule has 2 N–H and O–H groups in total. The van der Waals surface area contributed by atoms with E-state index in [-0.39, 0.29) is 18.5 Å². The van der Waals surface area contributed by atoms with E-state index in [1.54, 1.807) is 0 Å². The minimum atomic E-state index is -2.26. The number of nitrogens with two attached hydrogens (primary N) is 1. The average Bonchev–Trinajstić information content (AvgIpc) is 2.46. The highest BCUT2D eigenvalue weighted by Crippen LogP contribution is 2.32. The van der Waals surface area contributed by atoms with Crippen LogP contribution in [0.15, 0.2) is 18.2 Å². The summed E-state index contributed by atoms with van der Waals surface area (Å²) in [5.74, 6) is -11.2. The zero-order chi connectivity index (χ0) is 15.7. The zero-order valence-electron chi connectivity index (χ0n) is 10.5. The average molecular weight is 305 g/mol. The highest BCUT2D eigenvalue weighted by Gasteiger charge is 2.26. The Bertz CT molecular complexity index is 669. The van der Waals surface area contributed by atoms with E-state index in [1.807, 2.05) is 0 Å². The van der Waals surface area contributed by atoms with Crippen molar-refractivity contribution in [3.05, 3.63) is 58.7 Å². The van der Waals surface area contributed by atoms with Crippen molar-refractivity contribution < 1.29 is 26.3 Å². The van der Waals surface area contributed by atoms with Gasteiger partial charge in [-0.1, -0.05) is 12.1 Å². The summed E-state index contributed by atoms with van der Waals surface area (Å²) >= 11 is 0. The van der Waals surface area contributed by atoms with E-state index in [0.29, 0.717) is 6.07 Å². The van der Waals surface area contributed by atoms with Crippen molar-refractivity contribution >= 4 is 0 Å². The predicted molar refractivity (Wildman–Crippen MR) is 64.4 cm³/mol. The standard InChI is InChI=1S/C14H9F6N/c15-8-5-7(2-1-6(8)3-4-21)9-10(16)12(18)14(20)13(19)11(9)17/h1-2,5H,3-4,21H2. The molecular formula is C14H9F6N. The first-order valence-corrected chi connectivity index (χ1v) is 5.88. The summed E-state index contributed by atoms with van der Waals surface area (Å²) in [6.07, 6.45) is 0.184. The molecule has 0 unspecified atom stereocenters. The van der Waals surface area contributed by atoms with Gasteiger partial charge in [0.05, 0.1) is 5.56 Å². The minimum absolute atomic E-state index is 0.152. The molecule has 0 aliphatic carbocycles. The molecule has 7 heteroatoms. The molecule has 21 heavy (non-hydrogen) atoms. The summed E-state index contributed by atoms with van der Waals surface area (Å²) in [4.78, 5) is 0. The lowest BCUT2D eigenvalue weighted by molar-refractivity contribution is 0.381. The molecule has 0 aromatic heterocycles. The normalized spacial score (nSPS) is 11.0. The number of halogens is 6. The molecule has 1 nitrogen and oxygen atoms in total. The molecule has 0 heterocycles. The van der Waals surface area contributed by atoms with E-state index in [0.717, 1.165) is 6.07 Å². The Morgan fingerprint density at radius 2 is 1.29 bits per heavy atom. The van der Waals surface area contributed by atoms with Gasteiger partial charge in [0.25, 0.3) is 0 Å². The lowest BCUT2D eigenvalue weighted by atomic mass is 10.0. The van der Waals surface area contributed by atoms with Crippen LogP contribution in [0.4, 0.5) is 26.3 Å². The van der Waals surface area contributed by atoms with Crippen LogP contribution in [0.3, 0.4) is 0 Å². The summed E-state index contributed by atoms with van der Waals surface area (Å²) in [7, 11) is 0. The Morgan fingerprint density at radius 1 is 0.762 bits per heavy atom. The maximum Gasteiger partial charge on any atom is 0.200 e. The Morgan fingerprint density at radius 3 is 1.76 bits per heavy atom. The molecule has 0 saturated carbocycles. The monoisotopic (exact) mass is 305 g/mol. The molecule has 112 valence electrons. The Kier molecular flexibility index (Phi) is 4.22. The minimum Gasteiger partial charge on any atom is -0.330 e. The van der Waals surface area contributed by atoms with Crippen LogP contribution in [0.5, 0.6) is 0 Å². The van der Waals surface area contributed by atoms with Gasteiger partial charge in [0.1, 0.15) is 5.82 Å². The van der Waals surface area contributed by atoms with Gasteiger partial charge >= 0.3 is 0 Å². The van der Waals surface area contributed by atoms with Crippen molar-refractivity contribution in [3.8, 4) is 11.1 Å². The van der Waals surface area contributed by atoms with Crippen molar-refractivity contribution in [1.82, 2.24) is 0 Å². The molecule has 0 fully saturated rings. The van der Waals surface area contributed by atoms with Crippen LogP contribution >= 0.6 is 0 Å². The number of benzene rings is 2. The Hall–Kier alpha value is -2.02. The molecule has 0 aliphatic rings. The third-order valence-corrected chi connectivity index (χ3v) is 2.97.